The highest BCUT2D eigenvalue weighted by Crippen LogP contribution is 2.38. The van der Waals surface area contributed by atoms with Gasteiger partial charge in [0.2, 0.25) is 0 Å². The van der Waals surface area contributed by atoms with E-state index in [0.29, 0.717) is 5.41 Å². The third-order valence-electron chi connectivity index (χ3n) is 4.92. The van der Waals surface area contributed by atoms with Crippen LogP contribution in [-0.4, -0.2) is 0 Å². The zero-order valence-corrected chi connectivity index (χ0v) is 16.1. The minimum absolute atomic E-state index is 0.158. The largest absolute Gasteiger partial charge is 0.398 e. The van der Waals surface area contributed by atoms with Gasteiger partial charge in [0.25, 0.3) is 0 Å². The maximum atomic E-state index is 6.46. The van der Waals surface area contributed by atoms with Gasteiger partial charge in [-0.25, -0.2) is 0 Å². The Bertz CT molecular complexity index is 880. The SMILES string of the molecule is CC(C)(C)CC(C)(C)c1ccc(-c2ccc3ccccc3c2N)cc1. The molecule has 130 valence electrons. The second-order valence-electron chi connectivity index (χ2n) is 8.95. The quantitative estimate of drug-likeness (QED) is 0.524. The third kappa shape index (κ3) is 3.71. The van der Waals surface area contributed by atoms with Gasteiger partial charge in [0, 0.05) is 16.6 Å². The molecule has 1 heteroatoms. The van der Waals surface area contributed by atoms with Crippen molar-refractivity contribution < 1.29 is 0 Å². The van der Waals surface area contributed by atoms with Gasteiger partial charge in [-0.3, -0.25) is 0 Å². The Labute approximate surface area is 151 Å². The first-order chi connectivity index (χ1) is 11.7. The lowest BCUT2D eigenvalue weighted by atomic mass is 9.72. The van der Waals surface area contributed by atoms with Crippen LogP contribution >= 0.6 is 0 Å². The average molecular weight is 332 g/mol. The molecular formula is C24H29N. The highest BCUT2D eigenvalue weighted by Gasteiger charge is 2.27. The summed E-state index contributed by atoms with van der Waals surface area (Å²) in [5.74, 6) is 0. The number of anilines is 1. The molecule has 0 fully saturated rings. The molecule has 1 nitrogen and oxygen atoms in total. The van der Waals surface area contributed by atoms with Crippen molar-refractivity contribution in [1.82, 2.24) is 0 Å². The first-order valence-electron chi connectivity index (χ1n) is 9.06. The van der Waals surface area contributed by atoms with Gasteiger partial charge in [-0.05, 0) is 33.8 Å². The summed E-state index contributed by atoms with van der Waals surface area (Å²) in [5, 5.41) is 2.31. The van der Waals surface area contributed by atoms with Crippen LogP contribution in [0.25, 0.3) is 21.9 Å². The summed E-state index contributed by atoms with van der Waals surface area (Å²) in [5.41, 5.74) is 11.5. The minimum atomic E-state index is 0.158. The van der Waals surface area contributed by atoms with Crippen LogP contribution in [0.3, 0.4) is 0 Å². The van der Waals surface area contributed by atoms with Crippen molar-refractivity contribution in [2.24, 2.45) is 5.41 Å². The van der Waals surface area contributed by atoms with Crippen molar-refractivity contribution >= 4 is 16.5 Å². The number of benzene rings is 3. The molecule has 0 heterocycles. The number of nitrogens with two attached hydrogens (primary N) is 1. The van der Waals surface area contributed by atoms with E-state index < -0.39 is 0 Å². The van der Waals surface area contributed by atoms with E-state index in [0.717, 1.165) is 23.1 Å². The van der Waals surface area contributed by atoms with E-state index >= 15 is 0 Å². The minimum Gasteiger partial charge on any atom is -0.398 e. The standard InChI is InChI=1S/C24H29N/c1-23(2,3)16-24(4,5)19-13-10-18(11-14-19)21-15-12-17-8-6-7-9-20(17)22(21)25/h6-15H,16,25H2,1-5H3. The number of rotatable bonds is 3. The van der Waals surface area contributed by atoms with Crippen molar-refractivity contribution in [3.63, 3.8) is 0 Å². The summed E-state index contributed by atoms with van der Waals surface area (Å²) < 4.78 is 0. The van der Waals surface area contributed by atoms with E-state index in [1.165, 1.54) is 16.5 Å². The van der Waals surface area contributed by atoms with Crippen molar-refractivity contribution in [2.75, 3.05) is 5.73 Å². The van der Waals surface area contributed by atoms with Crippen LogP contribution in [0.5, 0.6) is 0 Å². The van der Waals surface area contributed by atoms with E-state index in [9.17, 15) is 0 Å². The van der Waals surface area contributed by atoms with Gasteiger partial charge in [0.05, 0.1) is 0 Å². The molecule has 0 spiro atoms. The third-order valence-corrected chi connectivity index (χ3v) is 4.92. The zero-order valence-electron chi connectivity index (χ0n) is 16.1. The lowest BCUT2D eigenvalue weighted by Gasteiger charge is -2.33. The van der Waals surface area contributed by atoms with Crippen molar-refractivity contribution in [2.45, 2.75) is 46.5 Å². The molecule has 0 aliphatic heterocycles. The highest BCUT2D eigenvalue weighted by molar-refractivity contribution is 6.00. The van der Waals surface area contributed by atoms with Crippen LogP contribution in [0.1, 0.15) is 46.6 Å². The summed E-state index contributed by atoms with van der Waals surface area (Å²) in [7, 11) is 0. The van der Waals surface area contributed by atoms with Gasteiger partial charge in [-0.15, -0.1) is 0 Å². The monoisotopic (exact) mass is 331 g/mol. The molecule has 25 heavy (non-hydrogen) atoms. The lowest BCUT2D eigenvalue weighted by Crippen LogP contribution is -2.24. The molecule has 0 amide bonds. The number of fused-ring (bicyclic) bond motifs is 1. The Kier molecular flexibility index (Phi) is 4.36. The maximum absolute atomic E-state index is 6.46. The smallest absolute Gasteiger partial charge is 0.0473 e. The van der Waals surface area contributed by atoms with Crippen LogP contribution in [-0.2, 0) is 5.41 Å². The van der Waals surface area contributed by atoms with E-state index in [1.807, 2.05) is 12.1 Å². The van der Waals surface area contributed by atoms with Crippen LogP contribution in [0, 0.1) is 5.41 Å². The normalized spacial score (nSPS) is 12.5. The van der Waals surface area contributed by atoms with E-state index in [1.54, 1.807) is 0 Å². The molecule has 3 aromatic carbocycles. The first kappa shape index (κ1) is 17.5. The summed E-state index contributed by atoms with van der Waals surface area (Å²) >= 11 is 0. The molecule has 2 N–H and O–H groups in total. The predicted octanol–water partition coefficient (Wildman–Crippen LogP) is 6.80. The Morgan fingerprint density at radius 2 is 1.40 bits per heavy atom. The molecule has 3 aromatic rings. The van der Waals surface area contributed by atoms with Gasteiger partial charge in [0.15, 0.2) is 0 Å². The molecule has 0 radical (unpaired) electrons. The summed E-state index contributed by atoms with van der Waals surface area (Å²) in [6.07, 6.45) is 1.15. The average Bonchev–Trinajstić information content (AvgIpc) is 2.53. The summed E-state index contributed by atoms with van der Waals surface area (Å²) in [6, 6.07) is 21.5. The molecule has 0 aliphatic carbocycles. The predicted molar refractivity (Wildman–Crippen MR) is 111 cm³/mol. The Balaban J connectivity index is 1.97. The van der Waals surface area contributed by atoms with Gasteiger partial charge >= 0.3 is 0 Å². The Morgan fingerprint density at radius 1 is 0.760 bits per heavy atom. The van der Waals surface area contributed by atoms with E-state index in [2.05, 4.69) is 83.1 Å². The van der Waals surface area contributed by atoms with Gasteiger partial charge in [-0.2, -0.15) is 0 Å². The molecule has 3 rings (SSSR count). The molecular weight excluding hydrogens is 302 g/mol. The lowest BCUT2D eigenvalue weighted by molar-refractivity contribution is 0.284. The second kappa shape index (κ2) is 6.22. The van der Waals surface area contributed by atoms with E-state index in [4.69, 9.17) is 5.73 Å². The fourth-order valence-electron chi connectivity index (χ4n) is 4.08. The van der Waals surface area contributed by atoms with Gasteiger partial charge in [0.1, 0.15) is 0 Å². The van der Waals surface area contributed by atoms with Crippen molar-refractivity contribution in [1.29, 1.82) is 0 Å². The molecule has 0 bridgehead atoms. The zero-order chi connectivity index (χ0) is 18.2. The number of hydrogen-bond donors (Lipinski definition) is 1. The number of nitrogen functional groups attached to an aromatic ring is 1. The molecule has 0 saturated carbocycles. The Hall–Kier alpha value is -2.28. The Morgan fingerprint density at radius 3 is 2.04 bits per heavy atom. The molecule has 0 aliphatic rings. The molecule has 0 saturated heterocycles. The summed E-state index contributed by atoms with van der Waals surface area (Å²) in [6.45, 7) is 11.6. The van der Waals surface area contributed by atoms with Crippen LogP contribution in [0.4, 0.5) is 5.69 Å². The topological polar surface area (TPSA) is 26.0 Å². The van der Waals surface area contributed by atoms with E-state index in [-0.39, 0.29) is 5.41 Å². The van der Waals surface area contributed by atoms with Crippen LogP contribution in [0.2, 0.25) is 0 Å². The fourth-order valence-corrected chi connectivity index (χ4v) is 4.08. The molecule has 0 unspecified atom stereocenters. The van der Waals surface area contributed by atoms with Gasteiger partial charge in [-0.1, -0.05) is 95.3 Å². The highest BCUT2D eigenvalue weighted by atomic mass is 14.6. The molecule has 0 atom stereocenters. The number of hydrogen-bond acceptors (Lipinski definition) is 1. The first-order valence-corrected chi connectivity index (χ1v) is 9.06. The van der Waals surface area contributed by atoms with Crippen molar-refractivity contribution in [3.8, 4) is 11.1 Å². The fraction of sp³-hybridized carbons (Fsp3) is 0.333. The maximum Gasteiger partial charge on any atom is 0.0473 e. The van der Waals surface area contributed by atoms with Crippen LogP contribution < -0.4 is 5.73 Å². The second-order valence-corrected chi connectivity index (χ2v) is 8.95. The van der Waals surface area contributed by atoms with Crippen molar-refractivity contribution in [3.05, 3.63) is 66.2 Å². The summed E-state index contributed by atoms with van der Waals surface area (Å²) in [4.78, 5) is 0. The molecule has 0 aromatic heterocycles. The van der Waals surface area contributed by atoms with Crippen LogP contribution in [0.15, 0.2) is 60.7 Å². The van der Waals surface area contributed by atoms with Gasteiger partial charge < -0.3 is 5.73 Å².